The Morgan fingerprint density at radius 3 is 2.70 bits per heavy atom. The molecule has 0 saturated carbocycles. The summed E-state index contributed by atoms with van der Waals surface area (Å²) in [5, 5.41) is 6.01. The monoisotopic (exact) mass is 473 g/mol. The summed E-state index contributed by atoms with van der Waals surface area (Å²) in [5.74, 6) is -0.678. The van der Waals surface area contributed by atoms with Gasteiger partial charge in [-0.2, -0.15) is 4.99 Å². The van der Waals surface area contributed by atoms with E-state index in [-0.39, 0.29) is 24.1 Å². The number of nitrogens with one attached hydrogen (secondary N) is 2. The summed E-state index contributed by atoms with van der Waals surface area (Å²) in [5.41, 5.74) is 1.03. The van der Waals surface area contributed by atoms with Crippen molar-refractivity contribution in [3.63, 3.8) is 0 Å². The highest BCUT2D eigenvalue weighted by Crippen LogP contribution is 2.29. The molecule has 0 aliphatic carbocycles. The Morgan fingerprint density at radius 2 is 2.00 bits per heavy atom. The minimum absolute atomic E-state index is 0.0584. The average Bonchev–Trinajstić information content (AvgIpc) is 3.17. The quantitative estimate of drug-likeness (QED) is 0.573. The van der Waals surface area contributed by atoms with Gasteiger partial charge in [0.05, 0.1) is 0 Å². The Hall–Kier alpha value is -2.39. The van der Waals surface area contributed by atoms with Crippen LogP contribution in [-0.2, 0) is 9.59 Å². The molecule has 9 heteroatoms. The minimum atomic E-state index is -0.490. The number of hydrogen-bond acceptors (Lipinski definition) is 6. The van der Waals surface area contributed by atoms with Gasteiger partial charge in [-0.1, -0.05) is 24.8 Å². The van der Waals surface area contributed by atoms with E-state index in [0.29, 0.717) is 23.8 Å². The van der Waals surface area contributed by atoms with Crippen molar-refractivity contribution < 1.29 is 14.4 Å². The molecule has 1 fully saturated rings. The predicted molar refractivity (Wildman–Crippen MR) is 134 cm³/mol. The second-order valence-electron chi connectivity index (χ2n) is 8.70. The first-order valence-electron chi connectivity index (χ1n) is 11.8. The van der Waals surface area contributed by atoms with E-state index in [2.05, 4.69) is 46.2 Å². The van der Waals surface area contributed by atoms with Crippen LogP contribution in [0.5, 0.6) is 0 Å². The lowest BCUT2D eigenvalue weighted by atomic mass is 10.1. The summed E-state index contributed by atoms with van der Waals surface area (Å²) in [7, 11) is 0. The fourth-order valence-electron chi connectivity index (χ4n) is 4.04. The number of amides is 3. The SMILES string of the molecule is CCN(CCNC(=O)c1cccc(NC(=O)CC2SC(N3CCCCC3)=NC2=O)c1)C(C)C. The van der Waals surface area contributed by atoms with Crippen LogP contribution in [0.3, 0.4) is 0 Å². The molecular formula is C24H35N5O3S. The highest BCUT2D eigenvalue weighted by atomic mass is 32.2. The molecular weight excluding hydrogens is 438 g/mol. The molecule has 1 unspecified atom stereocenters. The second-order valence-corrected chi connectivity index (χ2v) is 9.87. The van der Waals surface area contributed by atoms with Gasteiger partial charge in [-0.15, -0.1) is 0 Å². The normalized spacial score (nSPS) is 18.6. The number of aliphatic imine (C=N–C) groups is 1. The van der Waals surface area contributed by atoms with Crippen LogP contribution in [0.2, 0.25) is 0 Å². The van der Waals surface area contributed by atoms with Crippen LogP contribution in [-0.4, -0.2) is 76.7 Å². The topological polar surface area (TPSA) is 94.1 Å². The minimum Gasteiger partial charge on any atom is -0.351 e. The van der Waals surface area contributed by atoms with Crippen molar-refractivity contribution in [2.24, 2.45) is 4.99 Å². The summed E-state index contributed by atoms with van der Waals surface area (Å²) in [6.07, 6.45) is 3.48. The molecule has 3 amide bonds. The first-order valence-corrected chi connectivity index (χ1v) is 12.7. The van der Waals surface area contributed by atoms with Gasteiger partial charge < -0.3 is 15.5 Å². The lowest BCUT2D eigenvalue weighted by Gasteiger charge is -2.27. The number of benzene rings is 1. The van der Waals surface area contributed by atoms with Crippen molar-refractivity contribution in [3.05, 3.63) is 29.8 Å². The molecule has 1 atom stereocenters. The summed E-state index contributed by atoms with van der Waals surface area (Å²) >= 11 is 1.38. The maximum atomic E-state index is 12.6. The summed E-state index contributed by atoms with van der Waals surface area (Å²) in [4.78, 5) is 46.0. The molecule has 0 aromatic heterocycles. The third-order valence-corrected chi connectivity index (χ3v) is 7.17. The van der Waals surface area contributed by atoms with E-state index in [0.717, 1.165) is 44.2 Å². The Kier molecular flexibility index (Phi) is 9.31. The number of likely N-dealkylation sites (tertiary alicyclic amines) is 1. The van der Waals surface area contributed by atoms with Crippen molar-refractivity contribution in [1.82, 2.24) is 15.1 Å². The first-order chi connectivity index (χ1) is 15.9. The zero-order valence-electron chi connectivity index (χ0n) is 19.8. The third-order valence-electron chi connectivity index (χ3n) is 5.96. The van der Waals surface area contributed by atoms with E-state index >= 15 is 0 Å². The van der Waals surface area contributed by atoms with Crippen LogP contribution in [0.25, 0.3) is 0 Å². The fraction of sp³-hybridized carbons (Fsp3) is 0.583. The number of carbonyl (C=O) groups excluding carboxylic acids is 3. The van der Waals surface area contributed by atoms with Gasteiger partial charge in [0, 0.05) is 49.9 Å². The molecule has 3 rings (SSSR count). The van der Waals surface area contributed by atoms with Crippen molar-refractivity contribution >= 4 is 40.3 Å². The molecule has 1 aromatic carbocycles. The van der Waals surface area contributed by atoms with E-state index in [1.807, 2.05) is 0 Å². The van der Waals surface area contributed by atoms with Gasteiger partial charge in [0.15, 0.2) is 5.17 Å². The number of piperidine rings is 1. The molecule has 0 radical (unpaired) electrons. The van der Waals surface area contributed by atoms with Gasteiger partial charge in [-0.05, 0) is 57.9 Å². The lowest BCUT2D eigenvalue weighted by Crippen LogP contribution is -2.38. The Bertz CT molecular complexity index is 883. The number of amidine groups is 1. The number of carbonyl (C=O) groups is 3. The van der Waals surface area contributed by atoms with E-state index in [1.54, 1.807) is 24.3 Å². The molecule has 33 heavy (non-hydrogen) atoms. The number of anilines is 1. The predicted octanol–water partition coefficient (Wildman–Crippen LogP) is 2.96. The van der Waals surface area contributed by atoms with Gasteiger partial charge in [0.2, 0.25) is 5.91 Å². The average molecular weight is 474 g/mol. The molecule has 2 heterocycles. The Balaban J connectivity index is 1.48. The maximum absolute atomic E-state index is 12.6. The molecule has 1 aromatic rings. The largest absolute Gasteiger partial charge is 0.351 e. The van der Waals surface area contributed by atoms with Crippen LogP contribution >= 0.6 is 11.8 Å². The zero-order chi connectivity index (χ0) is 23.8. The smallest absolute Gasteiger partial charge is 0.262 e. The van der Waals surface area contributed by atoms with Gasteiger partial charge >= 0.3 is 0 Å². The Labute approximate surface area is 200 Å². The summed E-state index contributed by atoms with van der Waals surface area (Å²) in [6, 6.07) is 7.29. The number of hydrogen-bond donors (Lipinski definition) is 2. The van der Waals surface area contributed by atoms with Crippen molar-refractivity contribution in [3.8, 4) is 0 Å². The van der Waals surface area contributed by atoms with Crippen LogP contribution in [0.1, 0.15) is 56.8 Å². The zero-order valence-corrected chi connectivity index (χ0v) is 20.6. The number of thioether (sulfide) groups is 1. The summed E-state index contributed by atoms with van der Waals surface area (Å²) in [6.45, 7) is 10.5. The number of likely N-dealkylation sites (N-methyl/N-ethyl adjacent to an activating group) is 1. The van der Waals surface area contributed by atoms with Gasteiger partial charge in [-0.3, -0.25) is 19.3 Å². The Morgan fingerprint density at radius 1 is 1.24 bits per heavy atom. The van der Waals surface area contributed by atoms with Crippen LogP contribution in [0.15, 0.2) is 29.3 Å². The number of nitrogens with zero attached hydrogens (tertiary/aromatic N) is 3. The molecule has 2 aliphatic heterocycles. The van der Waals surface area contributed by atoms with E-state index in [1.165, 1.54) is 18.2 Å². The van der Waals surface area contributed by atoms with Gasteiger partial charge in [-0.25, -0.2) is 0 Å². The standard InChI is InChI=1S/C24H35N5O3S/c1-4-28(17(2)3)14-11-25-22(31)18-9-8-10-19(15-18)26-21(30)16-20-23(32)27-24(33-20)29-12-6-5-7-13-29/h8-10,15,17,20H,4-7,11-14,16H2,1-3H3,(H,25,31)(H,26,30). The van der Waals surface area contributed by atoms with E-state index < -0.39 is 5.25 Å². The van der Waals surface area contributed by atoms with Crippen molar-refractivity contribution in [2.45, 2.75) is 57.7 Å². The van der Waals surface area contributed by atoms with Crippen molar-refractivity contribution in [1.29, 1.82) is 0 Å². The molecule has 8 nitrogen and oxygen atoms in total. The molecule has 2 aliphatic rings. The molecule has 0 spiro atoms. The third kappa shape index (κ3) is 7.30. The van der Waals surface area contributed by atoms with Crippen LogP contribution < -0.4 is 10.6 Å². The van der Waals surface area contributed by atoms with Gasteiger partial charge in [0.25, 0.3) is 11.8 Å². The maximum Gasteiger partial charge on any atom is 0.262 e. The van der Waals surface area contributed by atoms with Gasteiger partial charge in [0.1, 0.15) is 5.25 Å². The number of rotatable bonds is 9. The van der Waals surface area contributed by atoms with Crippen molar-refractivity contribution in [2.75, 3.05) is 38.0 Å². The molecule has 1 saturated heterocycles. The fourth-order valence-corrected chi connectivity index (χ4v) is 5.16. The molecule has 2 N–H and O–H groups in total. The first kappa shape index (κ1) is 25.2. The van der Waals surface area contributed by atoms with Crippen LogP contribution in [0, 0.1) is 0 Å². The highest BCUT2D eigenvalue weighted by molar-refractivity contribution is 8.15. The summed E-state index contributed by atoms with van der Waals surface area (Å²) < 4.78 is 0. The second kappa shape index (κ2) is 12.2. The molecule has 180 valence electrons. The highest BCUT2D eigenvalue weighted by Gasteiger charge is 2.33. The molecule has 0 bridgehead atoms. The van der Waals surface area contributed by atoms with Crippen LogP contribution in [0.4, 0.5) is 5.69 Å². The van der Waals surface area contributed by atoms with E-state index in [4.69, 9.17) is 0 Å². The lowest BCUT2D eigenvalue weighted by molar-refractivity contribution is -0.121. The van der Waals surface area contributed by atoms with E-state index in [9.17, 15) is 14.4 Å².